The van der Waals surface area contributed by atoms with E-state index in [0.29, 0.717) is 0 Å². The molecule has 8 rings (SSSR count). The number of fused-ring (bicyclic) bond motifs is 6. The Hall–Kier alpha value is -4.93. The first-order valence-corrected chi connectivity index (χ1v) is 13.9. The van der Waals surface area contributed by atoms with E-state index in [1.54, 1.807) is 0 Å². The zero-order chi connectivity index (χ0) is 25.8. The van der Waals surface area contributed by atoms with E-state index in [4.69, 9.17) is 4.98 Å². The van der Waals surface area contributed by atoms with Crippen molar-refractivity contribution in [3.05, 3.63) is 140 Å². The first-order chi connectivity index (χ1) is 19.4. The summed E-state index contributed by atoms with van der Waals surface area (Å²) in [5.74, 6) is 0. The van der Waals surface area contributed by atoms with Gasteiger partial charge in [-0.1, -0.05) is 72.8 Å². The summed E-state index contributed by atoms with van der Waals surface area (Å²) in [6, 6.07) is 45.2. The molecule has 184 valence electrons. The number of pyridine rings is 1. The van der Waals surface area contributed by atoms with E-state index in [0.717, 1.165) is 22.7 Å². The van der Waals surface area contributed by atoms with Crippen molar-refractivity contribution < 1.29 is 0 Å². The number of thiophene rings is 1. The van der Waals surface area contributed by atoms with Crippen molar-refractivity contribution in [2.45, 2.75) is 0 Å². The molecule has 0 radical (unpaired) electrons. The molecule has 0 saturated carbocycles. The Bertz CT molecular complexity index is 2030. The standard InChI is InChI=1S/C35H23N3S/c1-3-11-24(12-4-1)37(25-13-5-2-6-14-25)33-23-36-22-30-29-21-26(19-20-34(29)39-35(30)33)38-31-17-9-7-15-27(31)28-16-8-10-18-32(28)38/h1-23H. The van der Waals surface area contributed by atoms with E-state index in [1.807, 2.05) is 23.7 Å². The molecule has 0 bridgehead atoms. The van der Waals surface area contributed by atoms with Gasteiger partial charge in [0.25, 0.3) is 0 Å². The summed E-state index contributed by atoms with van der Waals surface area (Å²) >= 11 is 1.83. The zero-order valence-corrected chi connectivity index (χ0v) is 21.8. The largest absolute Gasteiger partial charge is 0.309 e. The van der Waals surface area contributed by atoms with Crippen molar-refractivity contribution in [3.63, 3.8) is 0 Å². The van der Waals surface area contributed by atoms with Crippen molar-refractivity contribution in [3.8, 4) is 5.69 Å². The van der Waals surface area contributed by atoms with Crippen LogP contribution >= 0.6 is 11.3 Å². The molecule has 0 fully saturated rings. The molecule has 4 heteroatoms. The van der Waals surface area contributed by atoms with Crippen LogP contribution in [0.1, 0.15) is 0 Å². The molecule has 0 atom stereocenters. The summed E-state index contributed by atoms with van der Waals surface area (Å²) in [5.41, 5.74) is 6.91. The van der Waals surface area contributed by atoms with Crippen LogP contribution in [0.4, 0.5) is 17.1 Å². The normalized spacial score (nSPS) is 11.6. The number of aromatic nitrogens is 2. The number of nitrogens with zero attached hydrogens (tertiary/aromatic N) is 3. The van der Waals surface area contributed by atoms with Gasteiger partial charge in [0.2, 0.25) is 0 Å². The summed E-state index contributed by atoms with van der Waals surface area (Å²) < 4.78 is 4.86. The fourth-order valence-electron chi connectivity index (χ4n) is 5.74. The smallest absolute Gasteiger partial charge is 0.0824 e. The Balaban J connectivity index is 1.38. The average molecular weight is 518 g/mol. The van der Waals surface area contributed by atoms with Crippen molar-refractivity contribution in [2.24, 2.45) is 0 Å². The Morgan fingerprint density at radius 2 is 1.13 bits per heavy atom. The van der Waals surface area contributed by atoms with Gasteiger partial charge in [-0.25, -0.2) is 0 Å². The van der Waals surface area contributed by atoms with Crippen LogP contribution in [-0.4, -0.2) is 9.55 Å². The van der Waals surface area contributed by atoms with Gasteiger partial charge in [0.15, 0.2) is 0 Å². The molecule has 0 saturated heterocycles. The molecule has 0 aliphatic heterocycles. The van der Waals surface area contributed by atoms with Crippen molar-refractivity contribution >= 4 is 70.4 Å². The Labute approximate surface area is 229 Å². The van der Waals surface area contributed by atoms with Gasteiger partial charge in [0.1, 0.15) is 0 Å². The molecule has 39 heavy (non-hydrogen) atoms. The molecule has 3 aromatic heterocycles. The lowest BCUT2D eigenvalue weighted by Crippen LogP contribution is -2.10. The lowest BCUT2D eigenvalue weighted by molar-refractivity contribution is 1.19. The Morgan fingerprint density at radius 3 is 1.77 bits per heavy atom. The predicted octanol–water partition coefficient (Wildman–Crippen LogP) is 10.0. The van der Waals surface area contributed by atoms with E-state index in [2.05, 4.69) is 137 Å². The van der Waals surface area contributed by atoms with Crippen molar-refractivity contribution in [2.75, 3.05) is 4.90 Å². The maximum absolute atomic E-state index is 4.76. The number of para-hydroxylation sites is 4. The van der Waals surface area contributed by atoms with Gasteiger partial charge in [-0.3, -0.25) is 4.98 Å². The van der Waals surface area contributed by atoms with Crippen LogP contribution in [0.5, 0.6) is 0 Å². The molecule has 3 nitrogen and oxygen atoms in total. The second kappa shape index (κ2) is 8.83. The fourth-order valence-corrected chi connectivity index (χ4v) is 6.90. The summed E-state index contributed by atoms with van der Waals surface area (Å²) in [6.45, 7) is 0. The van der Waals surface area contributed by atoms with Crippen LogP contribution in [0.3, 0.4) is 0 Å². The average Bonchev–Trinajstić information content (AvgIpc) is 3.54. The maximum Gasteiger partial charge on any atom is 0.0824 e. The summed E-state index contributed by atoms with van der Waals surface area (Å²) in [5, 5.41) is 4.94. The third kappa shape index (κ3) is 3.46. The number of anilines is 3. The molecule has 3 heterocycles. The SMILES string of the molecule is c1ccc(N(c2ccccc2)c2cncc3c2sc2ccc(-n4c5ccccc5c5ccccc54)cc23)cc1. The van der Waals surface area contributed by atoms with E-state index in [-0.39, 0.29) is 0 Å². The van der Waals surface area contributed by atoms with Crippen molar-refractivity contribution in [1.29, 1.82) is 0 Å². The lowest BCUT2D eigenvalue weighted by Gasteiger charge is -2.25. The van der Waals surface area contributed by atoms with E-state index < -0.39 is 0 Å². The third-order valence-corrected chi connectivity index (χ3v) is 8.66. The van der Waals surface area contributed by atoms with E-state index in [1.165, 1.54) is 42.0 Å². The van der Waals surface area contributed by atoms with Gasteiger partial charge >= 0.3 is 0 Å². The fraction of sp³-hybridized carbons (Fsp3) is 0. The second-order valence-corrected chi connectivity index (χ2v) is 10.7. The molecule has 8 aromatic rings. The van der Waals surface area contributed by atoms with Crippen LogP contribution in [0.2, 0.25) is 0 Å². The van der Waals surface area contributed by atoms with Gasteiger partial charge in [0.05, 0.1) is 27.6 Å². The van der Waals surface area contributed by atoms with Crippen LogP contribution in [0, 0.1) is 0 Å². The predicted molar refractivity (Wildman–Crippen MR) is 166 cm³/mol. The lowest BCUT2D eigenvalue weighted by atomic mass is 10.1. The highest BCUT2D eigenvalue weighted by molar-refractivity contribution is 7.26. The molecule has 0 N–H and O–H groups in total. The topological polar surface area (TPSA) is 21.1 Å². The second-order valence-electron chi connectivity index (χ2n) is 9.69. The monoisotopic (exact) mass is 517 g/mol. The number of hydrogen-bond donors (Lipinski definition) is 0. The first kappa shape index (κ1) is 22.1. The number of hydrogen-bond acceptors (Lipinski definition) is 3. The van der Waals surface area contributed by atoms with Gasteiger partial charge in [-0.2, -0.15) is 0 Å². The summed E-state index contributed by atoms with van der Waals surface area (Å²) in [4.78, 5) is 7.06. The summed E-state index contributed by atoms with van der Waals surface area (Å²) in [6.07, 6.45) is 4.01. The van der Waals surface area contributed by atoms with Crippen LogP contribution in [-0.2, 0) is 0 Å². The summed E-state index contributed by atoms with van der Waals surface area (Å²) in [7, 11) is 0. The van der Waals surface area contributed by atoms with Gasteiger partial charge in [0, 0.05) is 49.5 Å². The minimum absolute atomic E-state index is 1.09. The highest BCUT2D eigenvalue weighted by Gasteiger charge is 2.19. The maximum atomic E-state index is 4.76. The van der Waals surface area contributed by atoms with E-state index >= 15 is 0 Å². The minimum Gasteiger partial charge on any atom is -0.309 e. The molecule has 0 amide bonds. The Morgan fingerprint density at radius 1 is 0.538 bits per heavy atom. The zero-order valence-electron chi connectivity index (χ0n) is 21.0. The molecule has 0 spiro atoms. The minimum atomic E-state index is 1.09. The van der Waals surface area contributed by atoms with Gasteiger partial charge in [-0.05, 0) is 54.6 Å². The molecule has 5 aromatic carbocycles. The quantitative estimate of drug-likeness (QED) is 0.232. The molecule has 0 aliphatic rings. The van der Waals surface area contributed by atoms with Crippen LogP contribution in [0.15, 0.2) is 140 Å². The van der Waals surface area contributed by atoms with Crippen LogP contribution in [0.25, 0.3) is 47.7 Å². The number of benzene rings is 5. The van der Waals surface area contributed by atoms with E-state index in [9.17, 15) is 0 Å². The van der Waals surface area contributed by atoms with Gasteiger partial charge in [-0.15, -0.1) is 11.3 Å². The van der Waals surface area contributed by atoms with Crippen molar-refractivity contribution in [1.82, 2.24) is 9.55 Å². The highest BCUT2D eigenvalue weighted by atomic mass is 32.1. The molecule has 0 aliphatic carbocycles. The molecular weight excluding hydrogens is 494 g/mol. The molecule has 0 unspecified atom stereocenters. The third-order valence-electron chi connectivity index (χ3n) is 7.45. The Kier molecular flexibility index (Phi) is 5.00. The first-order valence-electron chi connectivity index (χ1n) is 13.1. The van der Waals surface area contributed by atoms with Gasteiger partial charge < -0.3 is 9.47 Å². The van der Waals surface area contributed by atoms with Crippen LogP contribution < -0.4 is 4.90 Å². The number of rotatable bonds is 4. The highest BCUT2D eigenvalue weighted by Crippen LogP contribution is 2.44. The molecular formula is C35H23N3S.